The predicted octanol–water partition coefficient (Wildman–Crippen LogP) is 3.53. The van der Waals surface area contributed by atoms with E-state index in [2.05, 4.69) is 26.2 Å². The molecule has 1 aromatic carbocycles. The summed E-state index contributed by atoms with van der Waals surface area (Å²) in [7, 11) is 0. The first kappa shape index (κ1) is 13.0. The molecule has 3 N–H and O–H groups in total. The van der Waals surface area contributed by atoms with Crippen LogP contribution < -0.4 is 11.1 Å². The van der Waals surface area contributed by atoms with E-state index < -0.39 is 0 Å². The minimum absolute atomic E-state index is 0.352. The fourth-order valence-electron chi connectivity index (χ4n) is 1.58. The third kappa shape index (κ3) is 2.86. The molecule has 1 aromatic heterocycles. The second kappa shape index (κ2) is 5.46. The summed E-state index contributed by atoms with van der Waals surface area (Å²) in [6, 6.07) is 9.68. The molecular formula is C13H12BrN3S. The van der Waals surface area contributed by atoms with Gasteiger partial charge in [-0.1, -0.05) is 18.3 Å². The predicted molar refractivity (Wildman–Crippen MR) is 82.3 cm³/mol. The molecular weight excluding hydrogens is 310 g/mol. The normalized spacial score (nSPS) is 10.1. The van der Waals surface area contributed by atoms with Gasteiger partial charge in [0.15, 0.2) is 0 Å². The number of aromatic nitrogens is 1. The first-order valence-corrected chi connectivity index (χ1v) is 6.56. The maximum absolute atomic E-state index is 5.74. The first-order chi connectivity index (χ1) is 8.58. The molecule has 0 aliphatic rings. The molecule has 0 aliphatic heterocycles. The molecule has 0 atom stereocenters. The maximum atomic E-state index is 5.74. The van der Waals surface area contributed by atoms with E-state index in [9.17, 15) is 0 Å². The quantitative estimate of drug-likeness (QED) is 0.849. The third-order valence-electron chi connectivity index (χ3n) is 2.45. The van der Waals surface area contributed by atoms with Gasteiger partial charge in [0.2, 0.25) is 0 Å². The number of rotatable bonds is 3. The molecule has 0 fully saturated rings. The monoisotopic (exact) mass is 321 g/mol. The molecule has 5 heteroatoms. The summed E-state index contributed by atoms with van der Waals surface area (Å²) in [5, 5.41) is 3.26. The van der Waals surface area contributed by atoms with Crippen LogP contribution in [0.5, 0.6) is 0 Å². The fraction of sp³-hybridized carbons (Fsp3) is 0.0769. The van der Waals surface area contributed by atoms with E-state index in [1.807, 2.05) is 37.3 Å². The van der Waals surface area contributed by atoms with Crippen molar-refractivity contribution < 1.29 is 0 Å². The topological polar surface area (TPSA) is 50.9 Å². The molecule has 0 saturated carbocycles. The Hall–Kier alpha value is -1.46. The lowest BCUT2D eigenvalue weighted by Crippen LogP contribution is -2.12. The highest BCUT2D eigenvalue weighted by Gasteiger charge is 2.09. The van der Waals surface area contributed by atoms with Crippen molar-refractivity contribution in [2.75, 3.05) is 5.32 Å². The van der Waals surface area contributed by atoms with E-state index in [0.717, 1.165) is 27.1 Å². The van der Waals surface area contributed by atoms with Crippen molar-refractivity contribution in [3.8, 4) is 0 Å². The van der Waals surface area contributed by atoms with Crippen LogP contribution in [0.15, 0.2) is 41.0 Å². The number of anilines is 2. The molecule has 1 heterocycles. The second-order valence-electron chi connectivity index (χ2n) is 3.84. The number of pyridine rings is 1. The van der Waals surface area contributed by atoms with Crippen molar-refractivity contribution in [3.63, 3.8) is 0 Å². The first-order valence-electron chi connectivity index (χ1n) is 5.36. The summed E-state index contributed by atoms with van der Waals surface area (Å²) in [4.78, 5) is 4.59. The van der Waals surface area contributed by atoms with Crippen LogP contribution in [0.2, 0.25) is 0 Å². The molecule has 3 nitrogen and oxygen atoms in total. The van der Waals surface area contributed by atoms with Crippen LogP contribution in [0.3, 0.4) is 0 Å². The van der Waals surface area contributed by atoms with Gasteiger partial charge in [0.05, 0.1) is 11.9 Å². The Labute approximate surface area is 120 Å². The summed E-state index contributed by atoms with van der Waals surface area (Å²) >= 11 is 8.52. The van der Waals surface area contributed by atoms with Gasteiger partial charge in [0.25, 0.3) is 0 Å². The molecule has 0 bridgehead atoms. The lowest BCUT2D eigenvalue weighted by Gasteiger charge is -2.12. The van der Waals surface area contributed by atoms with E-state index in [0.29, 0.717) is 4.99 Å². The van der Waals surface area contributed by atoms with Crippen LogP contribution in [0, 0.1) is 6.92 Å². The zero-order valence-electron chi connectivity index (χ0n) is 9.77. The SMILES string of the molecule is Cc1ccc(Nc2cccc(Br)c2C(N)=S)cn1. The number of halogens is 1. The molecule has 0 spiro atoms. The maximum Gasteiger partial charge on any atom is 0.107 e. The van der Waals surface area contributed by atoms with E-state index >= 15 is 0 Å². The van der Waals surface area contributed by atoms with Gasteiger partial charge >= 0.3 is 0 Å². The molecule has 2 rings (SSSR count). The largest absolute Gasteiger partial charge is 0.389 e. The number of hydrogen-bond acceptors (Lipinski definition) is 3. The lowest BCUT2D eigenvalue weighted by atomic mass is 10.1. The van der Waals surface area contributed by atoms with Crippen molar-refractivity contribution in [3.05, 3.63) is 52.3 Å². The second-order valence-corrected chi connectivity index (χ2v) is 5.13. The van der Waals surface area contributed by atoms with Crippen LogP contribution in [0.1, 0.15) is 11.3 Å². The highest BCUT2D eigenvalue weighted by molar-refractivity contribution is 9.10. The molecule has 18 heavy (non-hydrogen) atoms. The highest BCUT2D eigenvalue weighted by Crippen LogP contribution is 2.27. The van der Waals surface area contributed by atoms with Gasteiger partial charge in [-0.3, -0.25) is 4.98 Å². The molecule has 92 valence electrons. The Bertz CT molecular complexity index is 581. The Morgan fingerprint density at radius 2 is 2.11 bits per heavy atom. The van der Waals surface area contributed by atoms with Crippen LogP contribution >= 0.6 is 28.1 Å². The number of benzene rings is 1. The van der Waals surface area contributed by atoms with Gasteiger partial charge in [0.1, 0.15) is 4.99 Å². The number of thiocarbonyl (C=S) groups is 1. The van der Waals surface area contributed by atoms with Crippen LogP contribution in [0.4, 0.5) is 11.4 Å². The van der Waals surface area contributed by atoms with Crippen molar-refractivity contribution >= 4 is 44.5 Å². The van der Waals surface area contributed by atoms with Crippen LogP contribution in [0.25, 0.3) is 0 Å². The summed E-state index contributed by atoms with van der Waals surface area (Å²) in [5.41, 5.74) is 9.28. The average molecular weight is 322 g/mol. The Morgan fingerprint density at radius 3 is 2.72 bits per heavy atom. The van der Waals surface area contributed by atoms with Gasteiger partial charge in [-0.05, 0) is 47.1 Å². The van der Waals surface area contributed by atoms with Gasteiger partial charge in [0, 0.05) is 21.4 Å². The number of nitrogens with zero attached hydrogens (tertiary/aromatic N) is 1. The van der Waals surface area contributed by atoms with Crippen LogP contribution in [-0.4, -0.2) is 9.97 Å². The van der Waals surface area contributed by atoms with Crippen molar-refractivity contribution in [1.29, 1.82) is 0 Å². The minimum Gasteiger partial charge on any atom is -0.389 e. The van der Waals surface area contributed by atoms with Crippen molar-refractivity contribution in [1.82, 2.24) is 4.98 Å². The minimum atomic E-state index is 0.352. The number of nitrogens with two attached hydrogens (primary N) is 1. The van der Waals surface area contributed by atoms with Crippen molar-refractivity contribution in [2.24, 2.45) is 5.73 Å². The Morgan fingerprint density at radius 1 is 1.33 bits per heavy atom. The van der Waals surface area contributed by atoms with Gasteiger partial charge in [-0.2, -0.15) is 0 Å². The Balaban J connectivity index is 2.37. The zero-order chi connectivity index (χ0) is 13.1. The van der Waals surface area contributed by atoms with E-state index in [1.54, 1.807) is 6.20 Å². The van der Waals surface area contributed by atoms with E-state index in [-0.39, 0.29) is 0 Å². The molecule has 0 saturated heterocycles. The summed E-state index contributed by atoms with van der Waals surface area (Å²) < 4.78 is 0.875. The molecule has 0 unspecified atom stereocenters. The van der Waals surface area contributed by atoms with Gasteiger partial charge < -0.3 is 11.1 Å². The zero-order valence-corrected chi connectivity index (χ0v) is 12.2. The van der Waals surface area contributed by atoms with Crippen LogP contribution in [-0.2, 0) is 0 Å². The molecule has 0 aliphatic carbocycles. The number of nitrogens with one attached hydrogen (secondary N) is 1. The molecule has 2 aromatic rings. The third-order valence-corrected chi connectivity index (χ3v) is 3.32. The highest BCUT2D eigenvalue weighted by atomic mass is 79.9. The smallest absolute Gasteiger partial charge is 0.107 e. The van der Waals surface area contributed by atoms with E-state index in [4.69, 9.17) is 18.0 Å². The number of hydrogen-bond donors (Lipinski definition) is 2. The number of aryl methyl sites for hydroxylation is 1. The van der Waals surface area contributed by atoms with E-state index in [1.165, 1.54) is 0 Å². The summed E-state index contributed by atoms with van der Waals surface area (Å²) in [6.45, 7) is 1.95. The summed E-state index contributed by atoms with van der Waals surface area (Å²) in [6.07, 6.45) is 1.78. The standard InChI is InChI=1S/C13H12BrN3S/c1-8-5-6-9(7-16-8)17-11-4-2-3-10(14)12(11)13(15)18/h2-7,17H,1H3,(H2,15,18). The lowest BCUT2D eigenvalue weighted by molar-refractivity contribution is 1.20. The van der Waals surface area contributed by atoms with Crippen molar-refractivity contribution in [2.45, 2.75) is 6.92 Å². The van der Waals surface area contributed by atoms with Gasteiger partial charge in [-0.25, -0.2) is 0 Å². The summed E-state index contributed by atoms with van der Waals surface area (Å²) in [5.74, 6) is 0. The molecule has 0 radical (unpaired) electrons. The Kier molecular flexibility index (Phi) is 3.93. The molecule has 0 amide bonds. The fourth-order valence-corrected chi connectivity index (χ4v) is 2.51. The average Bonchev–Trinajstić information content (AvgIpc) is 2.32. The van der Waals surface area contributed by atoms with Gasteiger partial charge in [-0.15, -0.1) is 0 Å².